The van der Waals surface area contributed by atoms with Crippen molar-refractivity contribution in [3.63, 3.8) is 0 Å². The molecule has 0 radical (unpaired) electrons. The molecule has 2 aromatic rings. The Bertz CT molecular complexity index is 724. The Morgan fingerprint density at radius 1 is 1.32 bits per heavy atom. The van der Waals surface area contributed by atoms with Gasteiger partial charge >= 0.3 is 5.95 Å². The maximum atomic E-state index is 12.3. The second-order valence-corrected chi connectivity index (χ2v) is 6.28. The maximum absolute atomic E-state index is 12.3. The van der Waals surface area contributed by atoms with Gasteiger partial charge in [-0.2, -0.15) is 4.68 Å². The lowest BCUT2D eigenvalue weighted by Crippen LogP contribution is -2.34. The topological polar surface area (TPSA) is 103 Å². The van der Waals surface area contributed by atoms with Gasteiger partial charge in [-0.15, -0.1) is 0 Å². The molecule has 0 aliphatic rings. The minimum atomic E-state index is -0.691. The Morgan fingerprint density at radius 2 is 2.00 bits per heavy atom. The molecule has 1 atom stereocenters. The molecule has 134 valence electrons. The van der Waals surface area contributed by atoms with Crippen molar-refractivity contribution in [2.24, 2.45) is 5.92 Å². The monoisotopic (exact) mass is 345 g/mol. The number of hydrogen-bond donors (Lipinski definition) is 1. The minimum absolute atomic E-state index is 0.113. The van der Waals surface area contributed by atoms with Gasteiger partial charge < -0.3 is 15.4 Å². The lowest BCUT2D eigenvalue weighted by atomic mass is 9.94. The molecule has 1 aromatic heterocycles. The molecule has 1 heterocycles. The summed E-state index contributed by atoms with van der Waals surface area (Å²) in [6.45, 7) is 6.09. The smallest absolute Gasteiger partial charge is 0.390 e. The molecule has 8 nitrogen and oxygen atoms in total. The van der Waals surface area contributed by atoms with Gasteiger partial charge in [0.25, 0.3) is 0 Å². The molecular weight excluding hydrogens is 322 g/mol. The van der Waals surface area contributed by atoms with E-state index in [0.29, 0.717) is 0 Å². The van der Waals surface area contributed by atoms with E-state index in [4.69, 9.17) is 0 Å². The van der Waals surface area contributed by atoms with Crippen molar-refractivity contribution >= 4 is 11.9 Å². The molecule has 8 heteroatoms. The number of nitrogens with one attached hydrogen (secondary N) is 1. The predicted octanol–water partition coefficient (Wildman–Crippen LogP) is 2.65. The summed E-state index contributed by atoms with van der Waals surface area (Å²) in [5.41, 5.74) is 2.31. The number of aryl methyl sites for hydroxylation is 1. The number of aromatic nitrogens is 3. The third-order valence-corrected chi connectivity index (χ3v) is 3.85. The highest BCUT2D eigenvalue weighted by atomic mass is 16.6. The summed E-state index contributed by atoms with van der Waals surface area (Å²) in [5, 5.41) is 17.2. The zero-order valence-electron chi connectivity index (χ0n) is 14.7. The molecule has 0 bridgehead atoms. The minimum Gasteiger partial charge on any atom is -0.390 e. The Labute approximate surface area is 146 Å². The first-order valence-corrected chi connectivity index (χ1v) is 8.32. The van der Waals surface area contributed by atoms with Gasteiger partial charge in [0, 0.05) is 5.10 Å². The zero-order valence-corrected chi connectivity index (χ0v) is 14.7. The van der Waals surface area contributed by atoms with Crippen LogP contribution in [0.15, 0.2) is 30.6 Å². The van der Waals surface area contributed by atoms with Crippen molar-refractivity contribution in [2.45, 2.75) is 46.2 Å². The van der Waals surface area contributed by atoms with E-state index in [-0.39, 0.29) is 24.4 Å². The van der Waals surface area contributed by atoms with Crippen LogP contribution >= 0.6 is 0 Å². The second-order valence-electron chi connectivity index (χ2n) is 6.28. The summed E-state index contributed by atoms with van der Waals surface area (Å²) in [6, 6.07) is 8.11. The van der Waals surface area contributed by atoms with E-state index in [2.05, 4.69) is 34.5 Å². The lowest BCUT2D eigenvalue weighted by Gasteiger charge is -2.23. The van der Waals surface area contributed by atoms with Crippen molar-refractivity contribution in [1.82, 2.24) is 20.1 Å². The fourth-order valence-electron chi connectivity index (χ4n) is 2.63. The highest BCUT2D eigenvalue weighted by Gasteiger charge is 2.20. The number of carbonyl (C=O) groups excluding carboxylic acids is 1. The quantitative estimate of drug-likeness (QED) is 0.585. The van der Waals surface area contributed by atoms with Crippen molar-refractivity contribution in [3.8, 4) is 0 Å². The average Bonchev–Trinajstić information content (AvgIpc) is 3.02. The van der Waals surface area contributed by atoms with Gasteiger partial charge in [0.15, 0.2) is 0 Å². The molecule has 0 unspecified atom stereocenters. The molecule has 0 fully saturated rings. The van der Waals surface area contributed by atoms with Crippen molar-refractivity contribution in [2.75, 3.05) is 0 Å². The van der Waals surface area contributed by atoms with Crippen LogP contribution in [0.1, 0.15) is 44.4 Å². The first-order chi connectivity index (χ1) is 11.9. The SMILES string of the molecule is CCCc1ccc([C@@H](NC(=O)Cn2cnc([N+](=O)[O-])n2)C(C)C)cc1. The van der Waals surface area contributed by atoms with E-state index in [1.54, 1.807) is 0 Å². The summed E-state index contributed by atoms with van der Waals surface area (Å²) in [6.07, 6.45) is 3.30. The number of hydrogen-bond acceptors (Lipinski definition) is 5. The van der Waals surface area contributed by atoms with E-state index >= 15 is 0 Å². The van der Waals surface area contributed by atoms with E-state index < -0.39 is 10.9 Å². The fourth-order valence-corrected chi connectivity index (χ4v) is 2.63. The number of nitrogens with zero attached hydrogens (tertiary/aromatic N) is 4. The van der Waals surface area contributed by atoms with E-state index in [1.165, 1.54) is 11.9 Å². The molecule has 1 aromatic carbocycles. The van der Waals surface area contributed by atoms with Crippen LogP contribution < -0.4 is 5.32 Å². The van der Waals surface area contributed by atoms with Crippen molar-refractivity contribution in [3.05, 3.63) is 51.8 Å². The van der Waals surface area contributed by atoms with Gasteiger partial charge in [0.1, 0.15) is 6.54 Å². The van der Waals surface area contributed by atoms with Crippen molar-refractivity contribution < 1.29 is 9.72 Å². The molecule has 1 N–H and O–H groups in total. The van der Waals surface area contributed by atoms with Gasteiger partial charge in [-0.25, -0.2) is 0 Å². The van der Waals surface area contributed by atoms with Gasteiger partial charge in [-0.1, -0.05) is 56.4 Å². The highest BCUT2D eigenvalue weighted by molar-refractivity contribution is 5.76. The van der Waals surface area contributed by atoms with Crippen molar-refractivity contribution in [1.29, 1.82) is 0 Å². The molecule has 0 aliphatic carbocycles. The third kappa shape index (κ3) is 5.10. The number of amides is 1. The van der Waals surface area contributed by atoms with Gasteiger partial charge in [0.2, 0.25) is 12.2 Å². The summed E-state index contributed by atoms with van der Waals surface area (Å²) < 4.78 is 1.16. The van der Waals surface area contributed by atoms with Crippen LogP contribution in [-0.2, 0) is 17.8 Å². The molecular formula is C17H23N5O3. The standard InChI is InChI=1S/C17H23N5O3/c1-4-5-13-6-8-14(9-7-13)16(12(2)3)19-15(23)10-21-11-18-17(20-21)22(24)25/h6-9,11-12,16H,4-5,10H2,1-3H3,(H,19,23)/t16-/m0/s1. The summed E-state index contributed by atoms with van der Waals surface area (Å²) >= 11 is 0. The maximum Gasteiger partial charge on any atom is 0.490 e. The highest BCUT2D eigenvalue weighted by Crippen LogP contribution is 2.22. The summed E-state index contributed by atoms with van der Waals surface area (Å²) in [7, 11) is 0. The predicted molar refractivity (Wildman–Crippen MR) is 92.8 cm³/mol. The molecule has 2 rings (SSSR count). The normalized spacial score (nSPS) is 12.2. The van der Waals surface area contributed by atoms with Crippen LogP contribution in [0.4, 0.5) is 5.95 Å². The molecule has 0 saturated heterocycles. The molecule has 1 amide bonds. The van der Waals surface area contributed by atoms with Gasteiger partial charge in [0.05, 0.1) is 6.04 Å². The number of nitro groups is 1. The average molecular weight is 345 g/mol. The molecule has 0 saturated carbocycles. The van der Waals surface area contributed by atoms with Crippen LogP contribution in [0.2, 0.25) is 0 Å². The van der Waals surface area contributed by atoms with Crippen LogP contribution in [0.25, 0.3) is 0 Å². The zero-order chi connectivity index (χ0) is 18.4. The summed E-state index contributed by atoms with van der Waals surface area (Å²) in [5.74, 6) is -0.582. The number of benzene rings is 1. The van der Waals surface area contributed by atoms with E-state index in [1.807, 2.05) is 26.0 Å². The lowest BCUT2D eigenvalue weighted by molar-refractivity contribution is -0.394. The number of rotatable bonds is 8. The Kier molecular flexibility index (Phi) is 6.21. The number of carbonyl (C=O) groups is 1. The Morgan fingerprint density at radius 3 is 2.52 bits per heavy atom. The van der Waals surface area contributed by atoms with E-state index in [0.717, 1.165) is 23.1 Å². The largest absolute Gasteiger partial charge is 0.490 e. The van der Waals surface area contributed by atoms with Crippen LogP contribution in [0, 0.1) is 16.0 Å². The Balaban J connectivity index is 2.04. The fraction of sp³-hybridized carbons (Fsp3) is 0.471. The summed E-state index contributed by atoms with van der Waals surface area (Å²) in [4.78, 5) is 25.7. The third-order valence-electron chi connectivity index (χ3n) is 3.85. The Hall–Kier alpha value is -2.77. The molecule has 0 spiro atoms. The molecule has 0 aliphatic heterocycles. The van der Waals surface area contributed by atoms with Crippen LogP contribution in [0.5, 0.6) is 0 Å². The second kappa shape index (κ2) is 8.36. The van der Waals surface area contributed by atoms with Crippen LogP contribution in [0.3, 0.4) is 0 Å². The van der Waals surface area contributed by atoms with Gasteiger partial charge in [-0.3, -0.25) is 4.79 Å². The van der Waals surface area contributed by atoms with Crippen LogP contribution in [-0.4, -0.2) is 25.6 Å². The molecule has 25 heavy (non-hydrogen) atoms. The first-order valence-electron chi connectivity index (χ1n) is 8.32. The van der Waals surface area contributed by atoms with E-state index in [9.17, 15) is 14.9 Å². The first kappa shape index (κ1) is 18.6. The van der Waals surface area contributed by atoms with Gasteiger partial charge in [-0.05, 0) is 28.4 Å².